The zero-order valence-electron chi connectivity index (χ0n) is 14.2. The minimum absolute atomic E-state index is 0.101. The smallest absolute Gasteiger partial charge is 0.118 e. The summed E-state index contributed by atoms with van der Waals surface area (Å²) < 4.78 is 5.27. The molecule has 4 rings (SSSR count). The Kier molecular flexibility index (Phi) is 4.44. The maximum atomic E-state index is 6.64. The van der Waals surface area contributed by atoms with Gasteiger partial charge >= 0.3 is 0 Å². The van der Waals surface area contributed by atoms with Gasteiger partial charge in [-0.25, -0.2) is 0 Å². The number of thiocarbonyl (C=S) groups is 1. The summed E-state index contributed by atoms with van der Waals surface area (Å²) in [5.41, 5.74) is 3.47. The van der Waals surface area contributed by atoms with E-state index < -0.39 is 0 Å². The summed E-state index contributed by atoms with van der Waals surface area (Å²) in [6, 6.07) is 14.3. The third-order valence-electron chi connectivity index (χ3n) is 5.40. The molecule has 1 saturated heterocycles. The topological polar surface area (TPSA) is 24.5 Å². The van der Waals surface area contributed by atoms with Crippen molar-refractivity contribution in [3.63, 3.8) is 0 Å². The van der Waals surface area contributed by atoms with E-state index in [2.05, 4.69) is 28.4 Å². The van der Waals surface area contributed by atoms with Crippen LogP contribution in [0.3, 0.4) is 0 Å². The zero-order valence-corrected chi connectivity index (χ0v) is 15.8. The molecule has 5 heteroatoms. The standard InChI is InChI=1S/C20H21ClN2OS/c1-24-15-7-5-14(6-8-15)13-23-19(25)16-3-2-4-17(21)18(16)20(23)9-11-22-12-10-20/h2-8,22H,9-13H2,1H3. The van der Waals surface area contributed by atoms with Gasteiger partial charge in [-0.05, 0) is 49.7 Å². The number of nitrogens with zero attached hydrogens (tertiary/aromatic N) is 1. The van der Waals surface area contributed by atoms with Gasteiger partial charge in [0, 0.05) is 22.7 Å². The van der Waals surface area contributed by atoms with Crippen LogP contribution in [0.2, 0.25) is 5.02 Å². The van der Waals surface area contributed by atoms with Crippen LogP contribution in [-0.4, -0.2) is 30.1 Å². The number of ether oxygens (including phenoxy) is 1. The Hall–Kier alpha value is -1.62. The summed E-state index contributed by atoms with van der Waals surface area (Å²) in [6.07, 6.45) is 2.03. The van der Waals surface area contributed by atoms with Gasteiger partial charge in [-0.1, -0.05) is 48.1 Å². The molecule has 3 nitrogen and oxygen atoms in total. The number of piperidine rings is 1. The fraction of sp³-hybridized carbons (Fsp3) is 0.350. The average molecular weight is 373 g/mol. The average Bonchev–Trinajstić information content (AvgIpc) is 2.87. The van der Waals surface area contributed by atoms with Crippen LogP contribution >= 0.6 is 23.8 Å². The quantitative estimate of drug-likeness (QED) is 0.819. The van der Waals surface area contributed by atoms with Crippen molar-refractivity contribution in [2.45, 2.75) is 24.9 Å². The molecule has 2 aromatic rings. The number of nitrogens with one attached hydrogen (secondary N) is 1. The second-order valence-electron chi connectivity index (χ2n) is 6.68. The highest BCUT2D eigenvalue weighted by Crippen LogP contribution is 2.49. The molecule has 2 aromatic carbocycles. The molecule has 0 aromatic heterocycles. The Morgan fingerprint density at radius 1 is 1.16 bits per heavy atom. The van der Waals surface area contributed by atoms with Crippen molar-refractivity contribution in [1.82, 2.24) is 10.2 Å². The first kappa shape index (κ1) is 16.8. The summed E-state index contributed by atoms with van der Waals surface area (Å²) in [5, 5.41) is 4.30. The van der Waals surface area contributed by atoms with Crippen LogP contribution in [0, 0.1) is 0 Å². The summed E-state index contributed by atoms with van der Waals surface area (Å²) in [5.74, 6) is 0.871. The molecule has 1 N–H and O–H groups in total. The van der Waals surface area contributed by atoms with Gasteiger partial charge in [-0.3, -0.25) is 0 Å². The van der Waals surface area contributed by atoms with Crippen LogP contribution < -0.4 is 10.1 Å². The van der Waals surface area contributed by atoms with Gasteiger partial charge in [0.05, 0.1) is 12.6 Å². The van der Waals surface area contributed by atoms with Crippen molar-refractivity contribution in [3.05, 3.63) is 64.2 Å². The maximum absolute atomic E-state index is 6.64. The number of benzene rings is 2. The van der Waals surface area contributed by atoms with Crippen molar-refractivity contribution in [1.29, 1.82) is 0 Å². The Bertz CT molecular complexity index is 800. The third kappa shape index (κ3) is 2.73. The van der Waals surface area contributed by atoms with Gasteiger partial charge in [-0.15, -0.1) is 0 Å². The lowest BCUT2D eigenvalue weighted by Crippen LogP contribution is -2.49. The first-order valence-corrected chi connectivity index (χ1v) is 9.39. The first-order valence-electron chi connectivity index (χ1n) is 8.60. The van der Waals surface area contributed by atoms with E-state index in [-0.39, 0.29) is 5.54 Å². The summed E-state index contributed by atoms with van der Waals surface area (Å²) in [6.45, 7) is 2.74. The summed E-state index contributed by atoms with van der Waals surface area (Å²) >= 11 is 12.5. The maximum Gasteiger partial charge on any atom is 0.118 e. The number of hydrogen-bond donors (Lipinski definition) is 1. The number of rotatable bonds is 3. The van der Waals surface area contributed by atoms with Crippen LogP contribution in [0.25, 0.3) is 0 Å². The predicted octanol–water partition coefficient (Wildman–Crippen LogP) is 4.12. The molecule has 130 valence electrons. The highest BCUT2D eigenvalue weighted by Gasteiger charge is 2.49. The molecule has 0 atom stereocenters. The van der Waals surface area contributed by atoms with Crippen LogP contribution in [0.4, 0.5) is 0 Å². The molecule has 0 bridgehead atoms. The van der Waals surface area contributed by atoms with E-state index in [0.29, 0.717) is 0 Å². The fourth-order valence-electron chi connectivity index (χ4n) is 4.15. The van der Waals surface area contributed by atoms with Crippen LogP contribution in [-0.2, 0) is 12.1 Å². The van der Waals surface area contributed by atoms with Crippen molar-refractivity contribution in [2.75, 3.05) is 20.2 Å². The Morgan fingerprint density at radius 2 is 1.88 bits per heavy atom. The largest absolute Gasteiger partial charge is 0.497 e. The molecule has 2 aliphatic heterocycles. The summed E-state index contributed by atoms with van der Waals surface area (Å²) in [4.78, 5) is 3.30. The minimum atomic E-state index is -0.101. The van der Waals surface area contributed by atoms with Crippen molar-refractivity contribution in [3.8, 4) is 5.75 Å². The number of methoxy groups -OCH3 is 1. The monoisotopic (exact) mass is 372 g/mol. The molecule has 0 radical (unpaired) electrons. The van der Waals surface area contributed by atoms with Gasteiger partial charge in [-0.2, -0.15) is 0 Å². The van der Waals surface area contributed by atoms with Gasteiger partial charge < -0.3 is 15.0 Å². The normalized spacial score (nSPS) is 18.5. The minimum Gasteiger partial charge on any atom is -0.497 e. The van der Waals surface area contributed by atoms with E-state index in [0.717, 1.165) is 53.8 Å². The van der Waals surface area contributed by atoms with Gasteiger partial charge in [0.25, 0.3) is 0 Å². The van der Waals surface area contributed by atoms with Crippen LogP contribution in [0.1, 0.15) is 29.5 Å². The fourth-order valence-corrected chi connectivity index (χ4v) is 4.91. The van der Waals surface area contributed by atoms with Gasteiger partial charge in [0.1, 0.15) is 10.7 Å². The number of hydrogen-bond acceptors (Lipinski definition) is 3. The van der Waals surface area contributed by atoms with Crippen molar-refractivity contribution in [2.24, 2.45) is 0 Å². The lowest BCUT2D eigenvalue weighted by atomic mass is 9.81. The van der Waals surface area contributed by atoms with E-state index in [1.165, 1.54) is 11.1 Å². The lowest BCUT2D eigenvalue weighted by Gasteiger charge is -2.44. The Labute approximate surface area is 158 Å². The number of halogens is 1. The molecule has 0 unspecified atom stereocenters. The van der Waals surface area contributed by atoms with Crippen molar-refractivity contribution >= 4 is 28.8 Å². The Morgan fingerprint density at radius 3 is 2.56 bits per heavy atom. The lowest BCUT2D eigenvalue weighted by molar-refractivity contribution is 0.131. The molecular weight excluding hydrogens is 352 g/mol. The van der Waals surface area contributed by atoms with E-state index in [9.17, 15) is 0 Å². The van der Waals surface area contributed by atoms with E-state index in [1.54, 1.807) is 7.11 Å². The first-order chi connectivity index (χ1) is 12.2. The van der Waals surface area contributed by atoms with E-state index in [4.69, 9.17) is 28.6 Å². The second-order valence-corrected chi connectivity index (χ2v) is 7.48. The van der Waals surface area contributed by atoms with Crippen LogP contribution in [0.5, 0.6) is 5.75 Å². The SMILES string of the molecule is COc1ccc(CN2C(=S)c3cccc(Cl)c3C23CCNCC3)cc1. The molecule has 2 heterocycles. The molecule has 2 aliphatic rings. The third-order valence-corrected chi connectivity index (χ3v) is 6.16. The Balaban J connectivity index is 1.75. The van der Waals surface area contributed by atoms with Crippen LogP contribution in [0.15, 0.2) is 42.5 Å². The second kappa shape index (κ2) is 6.60. The molecule has 25 heavy (non-hydrogen) atoms. The highest BCUT2D eigenvalue weighted by molar-refractivity contribution is 7.80. The molecule has 1 spiro atoms. The molecule has 0 aliphatic carbocycles. The molecule has 0 saturated carbocycles. The van der Waals surface area contributed by atoms with Gasteiger partial charge in [0.2, 0.25) is 0 Å². The molecule has 0 amide bonds. The van der Waals surface area contributed by atoms with E-state index >= 15 is 0 Å². The molecular formula is C20H21ClN2OS. The highest BCUT2D eigenvalue weighted by atomic mass is 35.5. The van der Waals surface area contributed by atoms with Gasteiger partial charge in [0.15, 0.2) is 0 Å². The summed E-state index contributed by atoms with van der Waals surface area (Å²) in [7, 11) is 1.69. The molecule has 1 fully saturated rings. The zero-order chi connectivity index (χ0) is 17.4. The van der Waals surface area contributed by atoms with Crippen molar-refractivity contribution < 1.29 is 4.74 Å². The van der Waals surface area contributed by atoms with E-state index in [1.807, 2.05) is 24.3 Å². The predicted molar refractivity (Wildman–Crippen MR) is 105 cm³/mol. The number of fused-ring (bicyclic) bond motifs is 2.